The lowest BCUT2D eigenvalue weighted by molar-refractivity contribution is -0.109. The predicted molar refractivity (Wildman–Crippen MR) is 46.0 cm³/mol. The highest BCUT2D eigenvalue weighted by atomic mass is 16.1. The van der Waals surface area contributed by atoms with Crippen LogP contribution in [-0.2, 0) is 4.79 Å². The zero-order valence-electron chi connectivity index (χ0n) is 6.81. The Labute approximate surface area is 67.8 Å². The molecule has 0 aromatic carbocycles. The van der Waals surface area contributed by atoms with E-state index in [-0.39, 0.29) is 5.78 Å². The molecule has 0 atom stereocenters. The van der Waals surface area contributed by atoms with Gasteiger partial charge in [-0.2, -0.15) is 0 Å². The van der Waals surface area contributed by atoms with E-state index in [0.29, 0.717) is 0 Å². The Morgan fingerprint density at radius 3 is 2.91 bits per heavy atom. The SMILES string of the molecule is C=C=CC(=O)C#CCCCC. The van der Waals surface area contributed by atoms with E-state index < -0.39 is 0 Å². The van der Waals surface area contributed by atoms with Crippen LogP contribution in [0.2, 0.25) is 0 Å². The van der Waals surface area contributed by atoms with Gasteiger partial charge in [-0.1, -0.05) is 25.8 Å². The van der Waals surface area contributed by atoms with Crippen LogP contribution in [0.3, 0.4) is 0 Å². The molecule has 0 unspecified atom stereocenters. The summed E-state index contributed by atoms with van der Waals surface area (Å²) in [5.41, 5.74) is 2.38. The van der Waals surface area contributed by atoms with Gasteiger partial charge in [-0.3, -0.25) is 4.79 Å². The van der Waals surface area contributed by atoms with Crippen molar-refractivity contribution in [1.29, 1.82) is 0 Å². The Balaban J connectivity index is 3.69. The third-order valence-corrected chi connectivity index (χ3v) is 1.10. The molecule has 58 valence electrons. The van der Waals surface area contributed by atoms with Gasteiger partial charge in [0, 0.05) is 12.5 Å². The summed E-state index contributed by atoms with van der Waals surface area (Å²) < 4.78 is 0. The molecular formula is C10H12O. The van der Waals surface area contributed by atoms with E-state index in [9.17, 15) is 4.79 Å². The van der Waals surface area contributed by atoms with Crippen molar-refractivity contribution in [2.75, 3.05) is 0 Å². The molecule has 0 radical (unpaired) electrons. The smallest absolute Gasteiger partial charge is 0.236 e. The normalized spacial score (nSPS) is 7.36. The number of hydrogen-bond donors (Lipinski definition) is 0. The van der Waals surface area contributed by atoms with Crippen LogP contribution in [0.1, 0.15) is 26.2 Å². The fraction of sp³-hybridized carbons (Fsp3) is 0.400. The zero-order valence-corrected chi connectivity index (χ0v) is 6.81. The van der Waals surface area contributed by atoms with Crippen LogP contribution in [0.5, 0.6) is 0 Å². The highest BCUT2D eigenvalue weighted by Crippen LogP contribution is 1.90. The first kappa shape index (κ1) is 9.75. The number of allylic oxidation sites excluding steroid dienone is 1. The minimum absolute atomic E-state index is 0.212. The van der Waals surface area contributed by atoms with Gasteiger partial charge in [0.2, 0.25) is 5.78 Å². The molecule has 1 heteroatoms. The van der Waals surface area contributed by atoms with Crippen LogP contribution in [0.15, 0.2) is 18.4 Å². The third kappa shape index (κ3) is 6.64. The molecule has 0 saturated carbocycles. The molecule has 0 amide bonds. The second-order valence-electron chi connectivity index (χ2n) is 2.12. The van der Waals surface area contributed by atoms with Crippen LogP contribution >= 0.6 is 0 Å². The minimum Gasteiger partial charge on any atom is -0.279 e. The first-order chi connectivity index (χ1) is 5.31. The molecule has 0 N–H and O–H groups in total. The second-order valence-corrected chi connectivity index (χ2v) is 2.12. The molecule has 11 heavy (non-hydrogen) atoms. The quantitative estimate of drug-likeness (QED) is 0.197. The maximum atomic E-state index is 10.7. The van der Waals surface area contributed by atoms with E-state index in [2.05, 4.69) is 31.1 Å². The molecule has 0 bridgehead atoms. The van der Waals surface area contributed by atoms with Crippen molar-refractivity contribution in [3.8, 4) is 11.8 Å². The van der Waals surface area contributed by atoms with Gasteiger partial charge in [-0.05, 0) is 12.3 Å². The van der Waals surface area contributed by atoms with Gasteiger partial charge in [0.25, 0.3) is 0 Å². The molecule has 0 aliphatic carbocycles. The number of rotatable bonds is 3. The molecule has 0 heterocycles. The first-order valence-electron chi connectivity index (χ1n) is 3.70. The minimum atomic E-state index is -0.212. The molecule has 0 aliphatic heterocycles. The number of unbranched alkanes of at least 4 members (excludes halogenated alkanes) is 2. The molecule has 0 aliphatic rings. The molecule has 0 spiro atoms. The zero-order chi connectivity index (χ0) is 8.53. The molecule has 1 nitrogen and oxygen atoms in total. The summed E-state index contributed by atoms with van der Waals surface area (Å²) >= 11 is 0. The fourth-order valence-electron chi connectivity index (χ4n) is 0.544. The number of hydrogen-bond acceptors (Lipinski definition) is 1. The van der Waals surface area contributed by atoms with Crippen LogP contribution in [0, 0.1) is 11.8 Å². The van der Waals surface area contributed by atoms with Gasteiger partial charge >= 0.3 is 0 Å². The van der Waals surface area contributed by atoms with Crippen molar-refractivity contribution in [3.05, 3.63) is 18.4 Å². The van der Waals surface area contributed by atoms with E-state index >= 15 is 0 Å². The van der Waals surface area contributed by atoms with E-state index in [1.165, 1.54) is 6.08 Å². The van der Waals surface area contributed by atoms with E-state index in [1.807, 2.05) is 0 Å². The van der Waals surface area contributed by atoms with Gasteiger partial charge in [0.1, 0.15) is 0 Å². The third-order valence-electron chi connectivity index (χ3n) is 1.10. The summed E-state index contributed by atoms with van der Waals surface area (Å²) in [7, 11) is 0. The van der Waals surface area contributed by atoms with Gasteiger partial charge in [0.15, 0.2) is 0 Å². The summed E-state index contributed by atoms with van der Waals surface area (Å²) in [6, 6.07) is 0. The predicted octanol–water partition coefficient (Wildman–Crippen LogP) is 2.09. The van der Waals surface area contributed by atoms with Crippen molar-refractivity contribution in [2.45, 2.75) is 26.2 Å². The lowest BCUT2D eigenvalue weighted by Crippen LogP contribution is -1.83. The molecule has 0 aromatic rings. The maximum absolute atomic E-state index is 10.7. The molecule has 0 saturated heterocycles. The Morgan fingerprint density at radius 2 is 2.36 bits per heavy atom. The topological polar surface area (TPSA) is 17.1 Å². The van der Waals surface area contributed by atoms with Crippen molar-refractivity contribution in [3.63, 3.8) is 0 Å². The van der Waals surface area contributed by atoms with Crippen molar-refractivity contribution in [1.82, 2.24) is 0 Å². The summed E-state index contributed by atoms with van der Waals surface area (Å²) in [6.45, 7) is 5.37. The number of ketones is 1. The highest BCUT2D eigenvalue weighted by Gasteiger charge is 1.83. The average molecular weight is 148 g/mol. The van der Waals surface area contributed by atoms with E-state index in [1.54, 1.807) is 0 Å². The second kappa shape index (κ2) is 6.86. The first-order valence-corrected chi connectivity index (χ1v) is 3.70. The fourth-order valence-corrected chi connectivity index (χ4v) is 0.544. The van der Waals surface area contributed by atoms with Gasteiger partial charge in [-0.15, -0.1) is 5.73 Å². The Bertz CT molecular complexity index is 221. The highest BCUT2D eigenvalue weighted by molar-refractivity contribution is 6.03. The summed E-state index contributed by atoms with van der Waals surface area (Å²) in [5, 5.41) is 0. The lowest BCUT2D eigenvalue weighted by atomic mass is 10.2. The monoisotopic (exact) mass is 148 g/mol. The van der Waals surface area contributed by atoms with Crippen LogP contribution in [-0.4, -0.2) is 5.78 Å². The molecular weight excluding hydrogens is 136 g/mol. The molecule has 0 fully saturated rings. The standard InChI is InChI=1S/C10H12O/c1-3-5-6-7-9-10(11)8-4-2/h8H,2-3,5-6H2,1H3. The summed E-state index contributed by atoms with van der Waals surface area (Å²) in [4.78, 5) is 10.7. The number of carbonyl (C=O) groups excluding carboxylic acids is 1. The van der Waals surface area contributed by atoms with Crippen molar-refractivity contribution >= 4 is 5.78 Å². The van der Waals surface area contributed by atoms with Crippen LogP contribution in [0.25, 0.3) is 0 Å². The van der Waals surface area contributed by atoms with Crippen LogP contribution in [0.4, 0.5) is 0 Å². The van der Waals surface area contributed by atoms with Crippen molar-refractivity contribution in [2.24, 2.45) is 0 Å². The van der Waals surface area contributed by atoms with Crippen molar-refractivity contribution < 1.29 is 4.79 Å². The maximum Gasteiger partial charge on any atom is 0.236 e. The summed E-state index contributed by atoms with van der Waals surface area (Å²) in [5.74, 6) is 5.03. The van der Waals surface area contributed by atoms with E-state index in [0.717, 1.165) is 19.3 Å². The van der Waals surface area contributed by atoms with Crippen LogP contribution < -0.4 is 0 Å². The lowest BCUT2D eigenvalue weighted by Gasteiger charge is -1.82. The van der Waals surface area contributed by atoms with Gasteiger partial charge in [-0.25, -0.2) is 0 Å². The largest absolute Gasteiger partial charge is 0.279 e. The van der Waals surface area contributed by atoms with E-state index in [4.69, 9.17) is 0 Å². The molecule has 0 aromatic heterocycles. The summed E-state index contributed by atoms with van der Waals surface area (Å²) in [6.07, 6.45) is 4.21. The number of carbonyl (C=O) groups is 1. The average Bonchev–Trinajstić information content (AvgIpc) is 1.99. The van der Waals surface area contributed by atoms with Gasteiger partial charge < -0.3 is 0 Å². The Morgan fingerprint density at radius 1 is 1.64 bits per heavy atom. The Hall–Kier alpha value is -1.25. The Kier molecular flexibility index (Phi) is 6.08. The van der Waals surface area contributed by atoms with Gasteiger partial charge in [0.05, 0.1) is 0 Å². The molecule has 0 rings (SSSR count).